The van der Waals surface area contributed by atoms with Gasteiger partial charge in [-0.05, 0) is 182 Å². The summed E-state index contributed by atoms with van der Waals surface area (Å²) in [5.41, 5.74) is 0. The van der Waals surface area contributed by atoms with Gasteiger partial charge < -0.3 is 49.5 Å². The predicted molar refractivity (Wildman–Crippen MR) is 539 cm³/mol. The second kappa shape index (κ2) is 103. The van der Waals surface area contributed by atoms with Gasteiger partial charge >= 0.3 is 0 Å². The summed E-state index contributed by atoms with van der Waals surface area (Å²) in [6.07, 6.45) is 24.6. The van der Waals surface area contributed by atoms with E-state index in [0.29, 0.717) is 82.9 Å². The Morgan fingerprint density at radius 2 is 1.03 bits per heavy atom. The summed E-state index contributed by atoms with van der Waals surface area (Å²) < 4.78 is 0. The molecule has 3 heterocycles. The van der Waals surface area contributed by atoms with E-state index in [1.165, 1.54) is 45.6 Å². The number of likely N-dealkylation sites (tertiary alicyclic amines) is 3. The minimum absolute atomic E-state index is 0. The molecule has 3 aliphatic heterocycles. The molecule has 18 radical (unpaired) electrons. The van der Waals surface area contributed by atoms with Crippen molar-refractivity contribution in [2.45, 2.75) is 388 Å². The fraction of sp³-hybridized carbons (Fsp3) is 0.819. The van der Waals surface area contributed by atoms with Gasteiger partial charge in [-0.25, -0.2) is 4.79 Å². The number of nitrogens with zero attached hydrogens (tertiary/aromatic N) is 5. The molecule has 3 rings (SSSR count). The standard InChI is InChI=1S/C12H20BNO2.C11H18BNO2.C10H16BNO2.C10H17BO2.C9H16BNO2.C9H18BNO.C9H17BO.C8H14BNO2.C4H8BNO.C4H6O.8CH4/c1-3-4-10-6-11(5-9(2)15)14(8-10)12(16)7-13;1-3-9(6-12)11(15)13-5-4-10(7-13)8(2)14;1-3-4-5-12-6-8(7(2)13)9(11)10(12)14;1-3-4-5-9(6-8(2)12)10(13)7-11;1-3-4-5-11(7-8(2)12)9(13)6-10;1-3-5-7-11(6-4-2)9(12)8-10;1-3-9(7-10)6-4-5-8(2)11;1-3-7(4-9)8(12)10-5-6(2)11;1-4(7)2-6-3-5;1-2-3-4-5;;;;;;;;/h10-11H,3-8H2,1-2H3;9-10H,3-7H2,1-2H3;8-9H,3-6H2,1-2H3;9H,3-7H2,1-2H3;3-7H2,1-2H3;3-8H2,1-2H3;9H,3-7H2,1-2H3;7H,3-5H2,1-2H3,(H,10,12);6H,2-3H2,1H3;3H,2H2,1H3;8*1H4. The van der Waals surface area contributed by atoms with Crippen molar-refractivity contribution in [1.82, 2.24) is 35.1 Å². The molecular weight excluding hydrogens is 1580 g/mol. The number of carbonyl (C=O) groups excluding carboxylic acids is 16. The summed E-state index contributed by atoms with van der Waals surface area (Å²) in [6.45, 7) is 39.0. The number of unbranched alkanes of at least 4 members (excludes halogenated alkanes) is 4. The summed E-state index contributed by atoms with van der Waals surface area (Å²) in [6, 6.07) is 0.0881. The Balaban J connectivity index is -0.0000000838. The number of hydrogen-bond donors (Lipinski definition) is 2. The Labute approximate surface area is 785 Å². The smallest absolute Gasteiger partial charge is 0.224 e. The fourth-order valence-corrected chi connectivity index (χ4v) is 12.1. The van der Waals surface area contributed by atoms with Gasteiger partial charge in [-0.1, -0.05) is 199 Å². The average Bonchev–Trinajstić information content (AvgIpc) is 1.64. The van der Waals surface area contributed by atoms with Crippen molar-refractivity contribution in [3.05, 3.63) is 6.08 Å². The average molecular weight is 1760 g/mol. The zero-order chi connectivity index (χ0) is 92.3. The topological polar surface area (TPSA) is 313 Å². The molecule has 2 N–H and O–H groups in total. The maximum atomic E-state index is 11.9. The van der Waals surface area contributed by atoms with Gasteiger partial charge in [-0.15, -0.1) is 0 Å². The Kier molecular flexibility index (Phi) is 125. The summed E-state index contributed by atoms with van der Waals surface area (Å²) in [7, 11) is 48.2. The molecule has 0 aromatic rings. The second-order valence-electron chi connectivity index (χ2n) is 30.2. The van der Waals surface area contributed by atoms with Gasteiger partial charge in [0.05, 0.1) is 90.3 Å². The second-order valence-corrected chi connectivity index (χ2v) is 30.2. The van der Waals surface area contributed by atoms with Gasteiger partial charge in [0.2, 0.25) is 35.4 Å². The van der Waals surface area contributed by atoms with E-state index in [2.05, 4.69) is 52.2 Å². The summed E-state index contributed by atoms with van der Waals surface area (Å²) in [5, 5.41) is 5.19. The predicted octanol–water partition coefficient (Wildman–Crippen LogP) is 15.6. The third-order valence-electron chi connectivity index (χ3n) is 19.3. The number of amides is 6. The van der Waals surface area contributed by atoms with Crippen LogP contribution in [0.3, 0.4) is 0 Å². The van der Waals surface area contributed by atoms with Crippen molar-refractivity contribution in [1.29, 1.82) is 0 Å². The van der Waals surface area contributed by atoms with Crippen LogP contribution in [0.4, 0.5) is 0 Å². The lowest BCUT2D eigenvalue weighted by Gasteiger charge is -2.23. The molecule has 0 aromatic heterocycles. The Bertz CT molecular complexity index is 2800. The molecule has 0 aromatic carbocycles. The first kappa shape index (κ1) is 154. The maximum Gasteiger partial charge on any atom is 0.224 e. The summed E-state index contributed by atoms with van der Waals surface area (Å²) in [5.74, 6) is 2.20. The van der Waals surface area contributed by atoms with Crippen LogP contribution in [-0.2, 0) is 76.7 Å². The molecule has 716 valence electrons. The summed E-state index contributed by atoms with van der Waals surface area (Å²) >= 11 is 0. The van der Waals surface area contributed by atoms with Crippen LogP contribution >= 0.6 is 0 Å². The van der Waals surface area contributed by atoms with Crippen LogP contribution in [-0.4, -0.2) is 273 Å². The van der Waals surface area contributed by atoms with Crippen molar-refractivity contribution in [2.24, 2.45) is 41.4 Å². The zero-order valence-corrected chi connectivity index (χ0v) is 76.4. The normalized spacial score (nSPS) is 15.1. The van der Waals surface area contributed by atoms with Crippen LogP contribution in [0.5, 0.6) is 0 Å². The van der Waals surface area contributed by atoms with Crippen molar-refractivity contribution in [3.63, 3.8) is 0 Å². The number of nitrogens with one attached hydrogen (secondary N) is 2. The SMILES string of the molecule is C.C.C.C.C.C.C.C.CCC=C=O.[B]C1C(=O)N(CCCC)CC1C(C)=O.[B]CC(=O)C(CCCC)CC(C)=O.[B]CC(=O)N(CCC)CCCC.[B]CC(=O)N(CCCC)CC(C)=O.[B]CC(=O)N1CC(CCC)CC1CC(C)=O.[B]CC(CC)C(=O)N1CCC(C(C)=O)C1.[B]CC(CC)C(=O)NCC(C)=O.[B]CC(CC)CCCC(C)=O.[B]CNCC(C)=O. The molecule has 0 saturated carbocycles. The van der Waals surface area contributed by atoms with Crippen molar-refractivity contribution in [2.75, 3.05) is 78.4 Å². The maximum absolute atomic E-state index is 11.9. The highest BCUT2D eigenvalue weighted by atomic mass is 16.2. The largest absolute Gasteiger partial charge is 0.349 e. The molecule has 0 aliphatic carbocycles. The number of carbonyl (C=O) groups is 15. The van der Waals surface area contributed by atoms with Crippen LogP contribution in [0, 0.1) is 41.4 Å². The van der Waals surface area contributed by atoms with Gasteiger partial charge in [0.15, 0.2) is 0 Å². The van der Waals surface area contributed by atoms with E-state index in [-0.39, 0.29) is 221 Å². The van der Waals surface area contributed by atoms with E-state index in [1.54, 1.807) is 36.5 Å². The molecule has 32 heteroatoms. The highest BCUT2D eigenvalue weighted by Gasteiger charge is 2.39. The molecule has 23 nitrogen and oxygen atoms in total. The number of Topliss-reactive ketones (excluding diaryl/α,β-unsaturated/α-hetero) is 9. The minimum atomic E-state index is -0.607. The van der Waals surface area contributed by atoms with Gasteiger partial charge in [0.1, 0.15) is 58.0 Å². The van der Waals surface area contributed by atoms with Crippen LogP contribution < -0.4 is 10.6 Å². The quantitative estimate of drug-likeness (QED) is 0.0422. The highest BCUT2D eigenvalue weighted by Crippen LogP contribution is 2.30. The lowest BCUT2D eigenvalue weighted by atomic mass is 9.77. The van der Waals surface area contributed by atoms with Crippen LogP contribution in [0.15, 0.2) is 6.08 Å². The third-order valence-corrected chi connectivity index (χ3v) is 19.3. The molecule has 126 heavy (non-hydrogen) atoms. The van der Waals surface area contributed by atoms with Gasteiger partial charge in [-0.3, -0.25) is 57.5 Å². The lowest BCUT2D eigenvalue weighted by Crippen LogP contribution is -2.36. The lowest BCUT2D eigenvalue weighted by molar-refractivity contribution is -0.134. The molecule has 0 spiro atoms. The first-order valence-corrected chi connectivity index (χ1v) is 43.2. The molecule has 0 bridgehead atoms. The number of hydrogen-bond acceptors (Lipinski definition) is 17. The third kappa shape index (κ3) is 84.7. The molecular formula is C94H182B9N7O16. The number of rotatable bonds is 47. The zero-order valence-electron chi connectivity index (χ0n) is 76.4. The van der Waals surface area contributed by atoms with Crippen LogP contribution in [0.1, 0.15) is 332 Å². The molecule has 3 aliphatic rings. The minimum Gasteiger partial charge on any atom is -0.349 e. The van der Waals surface area contributed by atoms with Gasteiger partial charge in [0, 0.05) is 113 Å². The summed E-state index contributed by atoms with van der Waals surface area (Å²) in [4.78, 5) is 184. The highest BCUT2D eigenvalue weighted by molar-refractivity contribution is 6.26. The van der Waals surface area contributed by atoms with Crippen LogP contribution in [0.25, 0.3) is 0 Å². The van der Waals surface area contributed by atoms with Gasteiger partial charge in [-0.2, -0.15) is 0 Å². The molecule has 9 unspecified atom stereocenters. The van der Waals surface area contributed by atoms with Crippen molar-refractivity contribution in [3.8, 4) is 0 Å². The first-order chi connectivity index (χ1) is 55.7. The Morgan fingerprint density at radius 3 is 1.37 bits per heavy atom. The molecule has 6 amide bonds. The van der Waals surface area contributed by atoms with E-state index in [9.17, 15) is 76.7 Å². The molecule has 3 saturated heterocycles. The van der Waals surface area contributed by atoms with Crippen molar-refractivity contribution < 1.29 is 76.7 Å². The fourth-order valence-electron chi connectivity index (χ4n) is 12.1. The molecule has 3 fully saturated rings. The van der Waals surface area contributed by atoms with E-state index < -0.39 is 5.82 Å². The van der Waals surface area contributed by atoms with E-state index >= 15 is 0 Å². The van der Waals surface area contributed by atoms with E-state index in [0.717, 1.165) is 161 Å². The molecule has 9 atom stereocenters. The van der Waals surface area contributed by atoms with Crippen molar-refractivity contribution >= 4 is 164 Å². The Hall–Kier alpha value is -6.16. The van der Waals surface area contributed by atoms with Crippen LogP contribution in [0.2, 0.25) is 50.1 Å². The van der Waals surface area contributed by atoms with Gasteiger partial charge in [0.25, 0.3) is 0 Å². The monoisotopic (exact) mass is 1760 g/mol. The Morgan fingerprint density at radius 1 is 0.516 bits per heavy atom. The first-order valence-electron chi connectivity index (χ1n) is 43.2. The van der Waals surface area contributed by atoms with E-state index in [4.69, 9.17) is 70.6 Å². The number of allylic oxidation sites excluding steroid dienone is 1. The number of ketones is 9. The van der Waals surface area contributed by atoms with E-state index in [1.807, 2.05) is 37.5 Å².